The molecule has 0 unspecified atom stereocenters. The molecule has 0 atom stereocenters. The molecule has 1 amide bonds. The highest BCUT2D eigenvalue weighted by Crippen LogP contribution is 2.35. The molecule has 0 aliphatic carbocycles. The van der Waals surface area contributed by atoms with Gasteiger partial charge in [-0.1, -0.05) is 53.5 Å². The first-order valence-corrected chi connectivity index (χ1v) is 10.8. The summed E-state index contributed by atoms with van der Waals surface area (Å²) >= 11 is 12.3. The maximum Gasteiger partial charge on any atom is 0.264 e. The number of hydrazone groups is 1. The van der Waals surface area contributed by atoms with Gasteiger partial charge in [0.15, 0.2) is 0 Å². The molecular formula is C20H16Cl2N4O3S. The molecule has 0 radical (unpaired) electrons. The number of pyridine rings is 1. The van der Waals surface area contributed by atoms with Gasteiger partial charge in [0.2, 0.25) is 0 Å². The Bertz CT molecular complexity index is 1160. The van der Waals surface area contributed by atoms with Crippen molar-refractivity contribution in [1.29, 1.82) is 0 Å². The summed E-state index contributed by atoms with van der Waals surface area (Å²) in [6, 6.07) is 15.7. The van der Waals surface area contributed by atoms with E-state index < -0.39 is 22.5 Å². The lowest BCUT2D eigenvalue weighted by Gasteiger charge is -2.24. The fraction of sp³-hybridized carbons (Fsp3) is 0.0500. The van der Waals surface area contributed by atoms with Gasteiger partial charge in [0.1, 0.15) is 6.54 Å². The molecule has 0 saturated heterocycles. The molecule has 0 fully saturated rings. The first kappa shape index (κ1) is 21.8. The molecule has 3 aromatic rings. The second kappa shape index (κ2) is 9.71. The summed E-state index contributed by atoms with van der Waals surface area (Å²) in [7, 11) is -4.10. The zero-order valence-corrected chi connectivity index (χ0v) is 17.8. The molecule has 0 spiro atoms. The zero-order valence-electron chi connectivity index (χ0n) is 15.4. The number of nitrogens with one attached hydrogen (secondary N) is 1. The highest BCUT2D eigenvalue weighted by atomic mass is 35.5. The quantitative estimate of drug-likeness (QED) is 0.427. The van der Waals surface area contributed by atoms with Crippen molar-refractivity contribution in [3.8, 4) is 0 Å². The second-order valence-electron chi connectivity index (χ2n) is 5.98. The van der Waals surface area contributed by atoms with Crippen LogP contribution in [0.15, 0.2) is 83.1 Å². The molecule has 154 valence electrons. The number of aromatic nitrogens is 1. The second-order valence-corrected chi connectivity index (χ2v) is 8.62. The number of nitrogens with zero attached hydrogens (tertiary/aromatic N) is 3. The van der Waals surface area contributed by atoms with Crippen LogP contribution in [0.2, 0.25) is 10.0 Å². The van der Waals surface area contributed by atoms with Crippen molar-refractivity contribution < 1.29 is 13.2 Å². The van der Waals surface area contributed by atoms with Crippen LogP contribution in [0.25, 0.3) is 0 Å². The minimum absolute atomic E-state index is 0.00713. The summed E-state index contributed by atoms with van der Waals surface area (Å²) in [5, 5.41) is 4.02. The Morgan fingerprint density at radius 1 is 1.07 bits per heavy atom. The predicted octanol–water partition coefficient (Wildman–Crippen LogP) is 3.73. The number of benzene rings is 2. The van der Waals surface area contributed by atoms with E-state index >= 15 is 0 Å². The van der Waals surface area contributed by atoms with Crippen LogP contribution in [0.4, 0.5) is 5.69 Å². The lowest BCUT2D eigenvalue weighted by molar-refractivity contribution is -0.119. The Balaban J connectivity index is 1.89. The minimum Gasteiger partial charge on any atom is -0.271 e. The standard InChI is InChI=1S/C20H16Cl2N4O3S/c21-17-9-4-10-18(20(17)22)26(30(28,29)16-7-2-1-3-8-16)14-19(27)25-24-13-15-6-5-11-23-12-15/h1-13H,14H2,(H,25,27)/b24-13-. The number of hydrogen-bond donors (Lipinski definition) is 1. The van der Waals surface area contributed by atoms with Gasteiger partial charge >= 0.3 is 0 Å². The van der Waals surface area contributed by atoms with E-state index in [0.717, 1.165) is 4.31 Å². The van der Waals surface area contributed by atoms with Crippen molar-refractivity contribution >= 4 is 51.0 Å². The van der Waals surface area contributed by atoms with Crippen LogP contribution in [0.1, 0.15) is 5.56 Å². The van der Waals surface area contributed by atoms with E-state index in [0.29, 0.717) is 5.56 Å². The molecule has 1 aromatic heterocycles. The molecule has 1 heterocycles. The monoisotopic (exact) mass is 462 g/mol. The normalized spacial score (nSPS) is 11.4. The largest absolute Gasteiger partial charge is 0.271 e. The van der Waals surface area contributed by atoms with Crippen LogP contribution in [-0.2, 0) is 14.8 Å². The van der Waals surface area contributed by atoms with Gasteiger partial charge < -0.3 is 0 Å². The van der Waals surface area contributed by atoms with Crippen LogP contribution in [0.3, 0.4) is 0 Å². The summed E-state index contributed by atoms with van der Waals surface area (Å²) in [4.78, 5) is 16.4. The van der Waals surface area contributed by atoms with Crippen molar-refractivity contribution in [1.82, 2.24) is 10.4 Å². The van der Waals surface area contributed by atoms with E-state index in [1.165, 1.54) is 30.5 Å². The molecule has 0 aliphatic rings. The highest BCUT2D eigenvalue weighted by molar-refractivity contribution is 7.92. The fourth-order valence-electron chi connectivity index (χ4n) is 2.50. The number of carbonyl (C=O) groups excluding carboxylic acids is 1. The lowest BCUT2D eigenvalue weighted by atomic mass is 10.3. The van der Waals surface area contributed by atoms with E-state index in [1.807, 2.05) is 0 Å². The van der Waals surface area contributed by atoms with Crippen LogP contribution < -0.4 is 9.73 Å². The number of hydrogen-bond acceptors (Lipinski definition) is 5. The molecule has 7 nitrogen and oxygen atoms in total. The fourth-order valence-corrected chi connectivity index (χ4v) is 4.40. The van der Waals surface area contributed by atoms with Crippen LogP contribution in [0, 0.1) is 0 Å². The molecule has 3 rings (SSSR count). The van der Waals surface area contributed by atoms with Gasteiger partial charge in [0.25, 0.3) is 15.9 Å². The van der Waals surface area contributed by atoms with Crippen LogP contribution >= 0.6 is 23.2 Å². The smallest absolute Gasteiger partial charge is 0.264 e. The summed E-state index contributed by atoms with van der Waals surface area (Å²) < 4.78 is 27.3. The molecule has 2 aromatic carbocycles. The summed E-state index contributed by atoms with van der Waals surface area (Å²) in [6.45, 7) is -0.554. The summed E-state index contributed by atoms with van der Waals surface area (Å²) in [5.74, 6) is -0.661. The average Bonchev–Trinajstić information content (AvgIpc) is 2.75. The molecule has 0 bridgehead atoms. The molecular weight excluding hydrogens is 447 g/mol. The highest BCUT2D eigenvalue weighted by Gasteiger charge is 2.29. The van der Waals surface area contributed by atoms with Crippen molar-refractivity contribution in [2.75, 3.05) is 10.8 Å². The number of amides is 1. The minimum atomic E-state index is -4.10. The van der Waals surface area contributed by atoms with Crippen molar-refractivity contribution in [3.63, 3.8) is 0 Å². The van der Waals surface area contributed by atoms with Gasteiger partial charge in [-0.05, 0) is 30.3 Å². The SMILES string of the molecule is O=C(CN(c1cccc(Cl)c1Cl)S(=O)(=O)c1ccccc1)N/N=C\c1cccnc1. The van der Waals surface area contributed by atoms with Crippen LogP contribution in [-0.4, -0.2) is 32.1 Å². The van der Waals surface area contributed by atoms with Gasteiger partial charge in [-0.3, -0.25) is 14.1 Å². The van der Waals surface area contributed by atoms with E-state index in [-0.39, 0.29) is 20.6 Å². The Hall–Kier alpha value is -2.94. The number of rotatable bonds is 7. The Labute approximate surface area is 184 Å². The predicted molar refractivity (Wildman–Crippen MR) is 117 cm³/mol. The molecule has 0 aliphatic heterocycles. The topological polar surface area (TPSA) is 91.7 Å². The zero-order chi connectivity index (χ0) is 21.6. The number of anilines is 1. The van der Waals surface area contributed by atoms with Gasteiger partial charge in [-0.15, -0.1) is 0 Å². The molecule has 1 N–H and O–H groups in total. The third-order valence-electron chi connectivity index (χ3n) is 3.91. The van der Waals surface area contributed by atoms with E-state index in [4.69, 9.17) is 23.2 Å². The van der Waals surface area contributed by atoms with E-state index in [2.05, 4.69) is 15.5 Å². The first-order chi connectivity index (χ1) is 14.4. The third kappa shape index (κ3) is 5.15. The molecule has 0 saturated carbocycles. The number of sulfonamides is 1. The van der Waals surface area contributed by atoms with Crippen LogP contribution in [0.5, 0.6) is 0 Å². The number of halogens is 2. The van der Waals surface area contributed by atoms with E-state index in [1.54, 1.807) is 48.8 Å². The summed E-state index contributed by atoms with van der Waals surface area (Å²) in [5.41, 5.74) is 3.06. The van der Waals surface area contributed by atoms with Gasteiger partial charge in [-0.25, -0.2) is 13.8 Å². The van der Waals surface area contributed by atoms with Crippen molar-refractivity contribution in [2.24, 2.45) is 5.10 Å². The van der Waals surface area contributed by atoms with Gasteiger partial charge in [0, 0.05) is 18.0 Å². The molecule has 30 heavy (non-hydrogen) atoms. The lowest BCUT2D eigenvalue weighted by Crippen LogP contribution is -2.39. The average molecular weight is 463 g/mol. The van der Waals surface area contributed by atoms with Crippen molar-refractivity contribution in [3.05, 3.63) is 88.7 Å². The Morgan fingerprint density at radius 3 is 2.53 bits per heavy atom. The Kier molecular flexibility index (Phi) is 7.04. The maximum atomic E-state index is 13.2. The first-order valence-electron chi connectivity index (χ1n) is 8.63. The number of carbonyl (C=O) groups is 1. The Morgan fingerprint density at radius 2 is 1.83 bits per heavy atom. The van der Waals surface area contributed by atoms with E-state index in [9.17, 15) is 13.2 Å². The third-order valence-corrected chi connectivity index (χ3v) is 6.49. The van der Waals surface area contributed by atoms with Gasteiger partial charge in [0.05, 0.1) is 26.8 Å². The summed E-state index contributed by atoms with van der Waals surface area (Å²) in [6.07, 6.45) is 4.57. The molecule has 10 heteroatoms. The van der Waals surface area contributed by atoms with Crippen molar-refractivity contribution in [2.45, 2.75) is 4.90 Å². The maximum absolute atomic E-state index is 13.2. The van der Waals surface area contributed by atoms with Gasteiger partial charge in [-0.2, -0.15) is 5.10 Å².